The number of para-hydroxylation sites is 1. The van der Waals surface area contributed by atoms with Crippen LogP contribution in [0.4, 0.5) is 5.69 Å². The average Bonchev–Trinajstić information content (AvgIpc) is 3.14. The van der Waals surface area contributed by atoms with E-state index >= 15 is 0 Å². The lowest BCUT2D eigenvalue weighted by Gasteiger charge is -2.12. The maximum absolute atomic E-state index is 4.92. The summed E-state index contributed by atoms with van der Waals surface area (Å²) >= 11 is 0. The predicted molar refractivity (Wildman–Crippen MR) is 121 cm³/mol. The first-order valence-electron chi connectivity index (χ1n) is 9.91. The van der Waals surface area contributed by atoms with E-state index in [0.717, 1.165) is 39.5 Å². The number of anilines is 1. The molecular weight excluding hydrogens is 370 g/mol. The summed E-state index contributed by atoms with van der Waals surface area (Å²) < 4.78 is 1.95. The van der Waals surface area contributed by atoms with Crippen LogP contribution in [0.25, 0.3) is 33.9 Å². The van der Waals surface area contributed by atoms with Gasteiger partial charge in [0.05, 0.1) is 11.4 Å². The van der Waals surface area contributed by atoms with Crippen LogP contribution in [-0.4, -0.2) is 19.6 Å². The zero-order chi connectivity index (χ0) is 20.5. The molecule has 2 aromatic heterocycles. The summed E-state index contributed by atoms with van der Waals surface area (Å²) in [4.78, 5) is 14.5. The average molecular weight is 391 g/mol. The topological polar surface area (TPSA) is 55.6 Å². The van der Waals surface area contributed by atoms with Gasteiger partial charge in [-0.1, -0.05) is 78.4 Å². The Kier molecular flexibility index (Phi) is 4.48. The van der Waals surface area contributed by atoms with Crippen LogP contribution in [0.3, 0.4) is 0 Å². The van der Waals surface area contributed by atoms with E-state index in [1.807, 2.05) is 72.3 Å². The summed E-state index contributed by atoms with van der Waals surface area (Å²) in [5, 5.41) is 0. The number of imidazole rings is 1. The van der Waals surface area contributed by atoms with Crippen LogP contribution < -0.4 is 5.43 Å². The van der Waals surface area contributed by atoms with E-state index in [0.29, 0.717) is 5.82 Å². The van der Waals surface area contributed by atoms with Crippen molar-refractivity contribution in [2.45, 2.75) is 13.8 Å². The lowest BCUT2D eigenvalue weighted by molar-refractivity contribution is 0.977. The van der Waals surface area contributed by atoms with Gasteiger partial charge in [-0.2, -0.15) is 0 Å². The molecular formula is C25H21N5. The zero-order valence-electron chi connectivity index (χ0n) is 16.9. The molecule has 5 heteroatoms. The molecule has 5 rings (SSSR count). The van der Waals surface area contributed by atoms with Gasteiger partial charge in [-0.3, -0.25) is 5.43 Å². The third kappa shape index (κ3) is 3.31. The van der Waals surface area contributed by atoms with Gasteiger partial charge in [0.1, 0.15) is 5.52 Å². The van der Waals surface area contributed by atoms with Crippen LogP contribution in [0.2, 0.25) is 0 Å². The second kappa shape index (κ2) is 7.44. The van der Waals surface area contributed by atoms with Crippen LogP contribution in [0, 0.1) is 13.8 Å². The lowest BCUT2D eigenvalue weighted by Crippen LogP contribution is -2.12. The Bertz CT molecular complexity index is 1310. The highest BCUT2D eigenvalue weighted by Gasteiger charge is 2.18. The molecule has 5 nitrogen and oxygen atoms in total. The van der Waals surface area contributed by atoms with Gasteiger partial charge in [0.25, 0.3) is 0 Å². The number of fused-ring (bicyclic) bond motifs is 1. The molecule has 5 aromatic rings. The van der Waals surface area contributed by atoms with Gasteiger partial charge in [-0.25, -0.2) is 19.6 Å². The fraction of sp³-hybridized carbons (Fsp3) is 0.0800. The highest BCUT2D eigenvalue weighted by Crippen LogP contribution is 2.27. The van der Waals surface area contributed by atoms with Gasteiger partial charge >= 0.3 is 0 Å². The smallest absolute Gasteiger partial charge is 0.183 e. The quantitative estimate of drug-likeness (QED) is 0.430. The van der Waals surface area contributed by atoms with Crippen LogP contribution in [-0.2, 0) is 0 Å². The van der Waals surface area contributed by atoms with Gasteiger partial charge in [-0.15, -0.1) is 0 Å². The predicted octanol–water partition coefficient (Wildman–Crippen LogP) is 5.65. The molecule has 0 spiro atoms. The molecule has 3 aromatic carbocycles. The summed E-state index contributed by atoms with van der Waals surface area (Å²) in [6, 6.07) is 28.4. The number of hydrogen-bond donors (Lipinski definition) is 1. The van der Waals surface area contributed by atoms with E-state index in [4.69, 9.17) is 15.0 Å². The largest absolute Gasteiger partial charge is 0.291 e. The molecule has 0 radical (unpaired) electrons. The van der Waals surface area contributed by atoms with Crippen LogP contribution in [0.1, 0.15) is 11.3 Å². The molecule has 0 bridgehead atoms. The summed E-state index contributed by atoms with van der Waals surface area (Å²) in [5.41, 5.74) is 10.0. The van der Waals surface area contributed by atoms with Crippen molar-refractivity contribution >= 4 is 16.9 Å². The zero-order valence-corrected chi connectivity index (χ0v) is 16.9. The summed E-state index contributed by atoms with van der Waals surface area (Å²) in [5.74, 6) is 1.49. The molecule has 30 heavy (non-hydrogen) atoms. The maximum Gasteiger partial charge on any atom is 0.183 e. The molecule has 0 fully saturated rings. The molecule has 146 valence electrons. The number of benzene rings is 3. The first-order chi connectivity index (χ1) is 14.7. The lowest BCUT2D eigenvalue weighted by atomic mass is 10.1. The van der Waals surface area contributed by atoms with E-state index in [1.54, 1.807) is 0 Å². The van der Waals surface area contributed by atoms with E-state index in [1.165, 1.54) is 5.56 Å². The van der Waals surface area contributed by atoms with Gasteiger partial charge in [0.15, 0.2) is 17.3 Å². The van der Waals surface area contributed by atoms with Crippen molar-refractivity contribution in [2.24, 2.45) is 0 Å². The van der Waals surface area contributed by atoms with Crippen LogP contribution >= 0.6 is 0 Å². The highest BCUT2D eigenvalue weighted by molar-refractivity contribution is 5.82. The Balaban J connectivity index is 1.75. The van der Waals surface area contributed by atoms with Crippen molar-refractivity contribution in [3.8, 4) is 22.8 Å². The first-order valence-corrected chi connectivity index (χ1v) is 9.91. The molecule has 2 heterocycles. The standard InChI is InChI=1S/C25H21N5/c1-17-13-15-20(16-14-17)24-27-22-18(2)26-23(19-9-5-3-6-10-19)28-25(22)30(24)29-21-11-7-4-8-12-21/h3-16,29H,1-2H3. The van der Waals surface area contributed by atoms with Crippen molar-refractivity contribution in [2.75, 3.05) is 5.43 Å². The monoisotopic (exact) mass is 391 g/mol. The molecule has 0 atom stereocenters. The number of nitrogens with one attached hydrogen (secondary N) is 1. The minimum absolute atomic E-state index is 0.687. The molecule has 0 amide bonds. The SMILES string of the molecule is Cc1ccc(-c2nc3c(C)nc(-c4ccccc4)nc3n2Nc2ccccc2)cc1. The fourth-order valence-electron chi connectivity index (χ4n) is 3.46. The van der Waals surface area contributed by atoms with Gasteiger partial charge < -0.3 is 0 Å². The summed E-state index contributed by atoms with van der Waals surface area (Å²) in [7, 11) is 0. The molecule has 0 unspecified atom stereocenters. The second-order valence-electron chi connectivity index (χ2n) is 7.29. The second-order valence-corrected chi connectivity index (χ2v) is 7.29. The number of nitrogens with zero attached hydrogens (tertiary/aromatic N) is 4. The maximum atomic E-state index is 4.92. The fourth-order valence-corrected chi connectivity index (χ4v) is 3.46. The Hall–Kier alpha value is -3.99. The summed E-state index contributed by atoms with van der Waals surface area (Å²) in [6.45, 7) is 4.06. The Morgan fingerprint density at radius 2 is 1.33 bits per heavy atom. The number of rotatable bonds is 4. The third-order valence-electron chi connectivity index (χ3n) is 5.04. The van der Waals surface area contributed by atoms with Crippen molar-refractivity contribution in [3.05, 3.63) is 96.2 Å². The number of hydrogen-bond acceptors (Lipinski definition) is 4. The van der Waals surface area contributed by atoms with Crippen LogP contribution in [0.15, 0.2) is 84.9 Å². The molecule has 0 aliphatic rings. The minimum Gasteiger partial charge on any atom is -0.291 e. The molecule has 0 saturated heterocycles. The van der Waals surface area contributed by atoms with Gasteiger partial charge in [0, 0.05) is 11.1 Å². The highest BCUT2D eigenvalue weighted by atomic mass is 15.5. The van der Waals surface area contributed by atoms with E-state index in [-0.39, 0.29) is 0 Å². The van der Waals surface area contributed by atoms with E-state index in [9.17, 15) is 0 Å². The Labute approximate surface area is 175 Å². The molecule has 0 aliphatic heterocycles. The van der Waals surface area contributed by atoms with Gasteiger partial charge in [0.2, 0.25) is 0 Å². The normalized spacial score (nSPS) is 11.0. The van der Waals surface area contributed by atoms with Gasteiger partial charge in [-0.05, 0) is 26.0 Å². The number of aryl methyl sites for hydroxylation is 2. The molecule has 0 saturated carbocycles. The van der Waals surface area contributed by atoms with Crippen LogP contribution in [0.5, 0.6) is 0 Å². The first kappa shape index (κ1) is 18.1. The number of aromatic nitrogens is 4. The van der Waals surface area contributed by atoms with Crippen molar-refractivity contribution in [1.82, 2.24) is 19.6 Å². The molecule has 0 aliphatic carbocycles. The molecule has 1 N–H and O–H groups in total. The summed E-state index contributed by atoms with van der Waals surface area (Å²) in [6.07, 6.45) is 0. The Morgan fingerprint density at radius 3 is 2.03 bits per heavy atom. The van der Waals surface area contributed by atoms with E-state index in [2.05, 4.69) is 36.6 Å². The third-order valence-corrected chi connectivity index (χ3v) is 5.04. The van der Waals surface area contributed by atoms with Crippen molar-refractivity contribution in [3.63, 3.8) is 0 Å². The van der Waals surface area contributed by atoms with Crippen molar-refractivity contribution < 1.29 is 0 Å². The minimum atomic E-state index is 0.687. The van der Waals surface area contributed by atoms with E-state index < -0.39 is 0 Å². The Morgan fingerprint density at radius 1 is 0.667 bits per heavy atom. The van der Waals surface area contributed by atoms with Crippen molar-refractivity contribution in [1.29, 1.82) is 0 Å².